The molecule has 0 aliphatic heterocycles. The molecule has 0 amide bonds. The number of aromatic nitrogens is 3. The molecular weight excluding hydrogens is 1500 g/mol. The van der Waals surface area contributed by atoms with Crippen molar-refractivity contribution >= 4 is 99.1 Å². The highest BCUT2D eigenvalue weighted by Gasteiger charge is 2.26. The number of nitrogens with zero attached hydrogens (tertiary/aromatic N) is 3. The van der Waals surface area contributed by atoms with Gasteiger partial charge >= 0.3 is 0 Å². The number of rotatable bonds is 11. The lowest BCUT2D eigenvalue weighted by Crippen LogP contribution is -2.11. The fraction of sp³-hybridized carbons (Fsp3) is 0.0708. The van der Waals surface area contributed by atoms with E-state index in [1.807, 2.05) is 84.9 Å². The molecule has 0 aliphatic rings. The van der Waals surface area contributed by atoms with Crippen LogP contribution < -0.4 is 0 Å². The predicted octanol–water partition coefficient (Wildman–Crippen LogP) is 32.1. The molecule has 23 aromatic rings. The van der Waals surface area contributed by atoms with E-state index in [1.165, 1.54) is 44.2 Å². The molecule has 0 unspecified atom stereocenters. The zero-order valence-corrected chi connectivity index (χ0v) is 68.2. The Bertz CT molecular complexity index is 7740. The van der Waals surface area contributed by atoms with E-state index in [0.29, 0.717) is 17.7 Å². The summed E-state index contributed by atoms with van der Waals surface area (Å²) < 4.78 is 38.0. The zero-order valence-electron chi connectivity index (χ0n) is 68.2. The van der Waals surface area contributed by atoms with Crippen LogP contribution in [0.15, 0.2) is 409 Å². The Labute approximate surface area is 705 Å². The van der Waals surface area contributed by atoms with Gasteiger partial charge in [-0.15, -0.1) is 0 Å². The Morgan fingerprint density at radius 3 is 0.803 bits per heavy atom. The maximum absolute atomic E-state index is 6.93. The second-order valence-corrected chi connectivity index (χ2v) is 33.4. The van der Waals surface area contributed by atoms with Gasteiger partial charge in [0.1, 0.15) is 50.0 Å². The van der Waals surface area contributed by atoms with Crippen molar-refractivity contribution < 1.29 is 26.5 Å². The average molecular weight is 1580 g/mol. The molecule has 0 saturated heterocycles. The molecule has 122 heavy (non-hydrogen) atoms. The molecule has 0 aliphatic carbocycles. The van der Waals surface area contributed by atoms with Crippen molar-refractivity contribution in [2.24, 2.45) is 0 Å². The van der Waals surface area contributed by atoms with Gasteiger partial charge in [0.05, 0.1) is 0 Å². The highest BCUT2D eigenvalue weighted by atomic mass is 16.4. The molecule has 0 atom stereocenters. The molecule has 0 bridgehead atoms. The molecule has 584 valence electrons. The average Bonchev–Trinajstić information content (AvgIpc) is 1.59. The van der Waals surface area contributed by atoms with Crippen LogP contribution in [0.25, 0.3) is 222 Å². The lowest BCUT2D eigenvalue weighted by atomic mass is 9.83. The van der Waals surface area contributed by atoms with Gasteiger partial charge < -0.3 is 26.5 Å². The molecule has 9 heteroatoms. The van der Waals surface area contributed by atoms with Gasteiger partial charge in [-0.3, -0.25) is 0 Å². The number of hydrogen-bond donors (Lipinski definition) is 0. The molecule has 6 heterocycles. The summed E-state index contributed by atoms with van der Waals surface area (Å²) in [6.45, 7) is 13.5. The summed E-state index contributed by atoms with van der Waals surface area (Å²) in [5.41, 5.74) is 33.8. The van der Waals surface area contributed by atoms with Gasteiger partial charge in [-0.25, -0.2) is 15.0 Å². The Morgan fingerprint density at radius 1 is 0.172 bits per heavy atom. The van der Waals surface area contributed by atoms with E-state index in [1.54, 1.807) is 0 Å². The molecule has 0 saturated carbocycles. The Hall–Kier alpha value is -15.5. The van der Waals surface area contributed by atoms with Crippen LogP contribution in [0.2, 0.25) is 0 Å². The van der Waals surface area contributed by atoms with Crippen molar-refractivity contribution in [2.75, 3.05) is 0 Å². The van der Waals surface area contributed by atoms with E-state index in [2.05, 4.69) is 349 Å². The molecule has 23 rings (SSSR count). The summed E-state index contributed by atoms with van der Waals surface area (Å²) in [4.78, 5) is 14.0. The molecule has 0 fully saturated rings. The van der Waals surface area contributed by atoms with E-state index >= 15 is 0 Å². The fourth-order valence-corrected chi connectivity index (χ4v) is 16.7. The van der Waals surface area contributed by atoms with Crippen molar-refractivity contribution in [3.63, 3.8) is 0 Å². The van der Waals surface area contributed by atoms with Gasteiger partial charge in [-0.1, -0.05) is 278 Å². The maximum atomic E-state index is 6.93. The monoisotopic (exact) mass is 1580 g/mol. The topological polar surface area (TPSA) is 118 Å². The Balaban J connectivity index is 0.000000114. The van der Waals surface area contributed by atoms with Gasteiger partial charge in [-0.2, -0.15) is 0 Å². The number of furan rings is 3. The first-order valence-corrected chi connectivity index (χ1v) is 41.4. The zero-order chi connectivity index (χ0) is 82.2. The lowest BCUT2D eigenvalue weighted by molar-refractivity contribution is 0.590. The van der Waals surface area contributed by atoms with Crippen LogP contribution in [-0.4, -0.2) is 15.0 Å². The summed E-state index contributed by atoms with van der Waals surface area (Å²) in [5.74, 6) is 1.86. The molecule has 0 N–H and O–H groups in total. The van der Waals surface area contributed by atoms with Crippen LogP contribution >= 0.6 is 0 Å². The fourth-order valence-electron chi connectivity index (χ4n) is 16.7. The normalized spacial score (nSPS) is 11.9. The highest BCUT2D eigenvalue weighted by molar-refractivity contribution is 6.17. The minimum atomic E-state index is 0.00626. The van der Waals surface area contributed by atoms with Crippen LogP contribution in [0.5, 0.6) is 0 Å². The number of fused-ring (bicyclic) bond motifs is 12. The summed E-state index contributed by atoms with van der Waals surface area (Å²) >= 11 is 0. The third-order valence-corrected chi connectivity index (χ3v) is 23.3. The summed E-state index contributed by atoms with van der Waals surface area (Å²) in [7, 11) is 0. The van der Waals surface area contributed by atoms with Crippen molar-refractivity contribution in [1.82, 2.24) is 15.0 Å². The maximum Gasteiger partial charge on any atom is 0.227 e. The molecule has 0 radical (unpaired) electrons. The Kier molecular flexibility index (Phi) is 18.5. The van der Waals surface area contributed by atoms with Gasteiger partial charge in [0, 0.05) is 71.3 Å². The van der Waals surface area contributed by atoms with Crippen LogP contribution in [-0.2, 0) is 10.8 Å². The smallest absolute Gasteiger partial charge is 0.227 e. The van der Waals surface area contributed by atoms with Crippen LogP contribution in [0, 0.1) is 0 Å². The van der Waals surface area contributed by atoms with Crippen molar-refractivity contribution in [3.05, 3.63) is 393 Å². The highest BCUT2D eigenvalue weighted by Crippen LogP contribution is 2.48. The van der Waals surface area contributed by atoms with Gasteiger partial charge in [0.2, 0.25) is 17.7 Å². The summed E-state index contributed by atoms with van der Waals surface area (Å²) in [5, 5.41) is 6.74. The van der Waals surface area contributed by atoms with Gasteiger partial charge in [-0.05, 0) is 234 Å². The number of benzene rings is 17. The minimum absolute atomic E-state index is 0.00626. The van der Waals surface area contributed by atoms with Crippen LogP contribution in [0.1, 0.15) is 52.7 Å². The second kappa shape index (κ2) is 30.5. The van der Waals surface area contributed by atoms with E-state index in [-0.39, 0.29) is 10.8 Å². The van der Waals surface area contributed by atoms with E-state index in [0.717, 1.165) is 172 Å². The van der Waals surface area contributed by atoms with E-state index in [9.17, 15) is 0 Å². The third-order valence-electron chi connectivity index (χ3n) is 23.3. The first-order valence-electron chi connectivity index (χ1n) is 41.4. The first kappa shape index (κ1) is 74.1. The van der Waals surface area contributed by atoms with E-state index < -0.39 is 0 Å². The first-order chi connectivity index (χ1) is 59.7. The minimum Gasteiger partial charge on any atom is -0.455 e. The van der Waals surface area contributed by atoms with Gasteiger partial charge in [0.15, 0.2) is 16.7 Å². The van der Waals surface area contributed by atoms with E-state index in [4.69, 9.17) is 31.5 Å². The van der Waals surface area contributed by atoms with Crippen LogP contribution in [0.3, 0.4) is 0 Å². The standard InChI is InChI=1S/C43H27NO2.C37H23NO2.C33H31NO2/c1-4-12-28(13-5-1)33-24-35(30-16-8-3-9-17-30)41-37(26-33)38-27-34(29-14-6-2-7-15-29)25-36(42(38)46-41)31-20-22-32(23-21-31)43-44-39-18-10-11-19-40(39)45-43;1-3-9-24(10-4-1)28-19-20-34-31(21-28)32-23-29(25-11-5-2-6-12-25)22-30(36(32)39-34)26-15-17-27(18-16-26)37-38-33-13-7-8-14-35(33)40-37;1-32(2,3)22-15-16-28-25(17-22)26-19-23(33(4,5)6)18-24(30(26)35-28)20-11-13-21(14-12-20)31-34-27-9-7-8-10-29(27)36-31/h1-27H;1-23H;7-19H,1-6H3. The quantitative estimate of drug-likeness (QED) is 0.125. The molecule has 17 aromatic carbocycles. The third kappa shape index (κ3) is 14.1. The largest absolute Gasteiger partial charge is 0.455 e. The molecule has 9 nitrogen and oxygen atoms in total. The molecule has 6 aromatic heterocycles. The van der Waals surface area contributed by atoms with Crippen molar-refractivity contribution in [1.29, 1.82) is 0 Å². The lowest BCUT2D eigenvalue weighted by Gasteiger charge is -2.21. The molecular formula is C113H81N3O6. The molecule has 0 spiro atoms. The summed E-state index contributed by atoms with van der Waals surface area (Å²) in [6, 6.07) is 133. The summed E-state index contributed by atoms with van der Waals surface area (Å²) in [6.07, 6.45) is 0. The van der Waals surface area contributed by atoms with Crippen molar-refractivity contribution in [2.45, 2.75) is 52.4 Å². The Morgan fingerprint density at radius 2 is 0.434 bits per heavy atom. The SMILES string of the molecule is CC(C)(C)c1ccc2oc3c(-c4ccc(-c5nc6ccccc6o5)cc4)cc(C(C)(C)C)cc3c2c1.c1ccc(-c2cc(-c3ccccc3)c3oc4c(-c5ccc(-c6nc7ccccc7o6)cc5)cc(-c5ccccc5)cc4c3c2)cc1.c1ccc(-c2ccc3oc4c(-c5ccc(-c6nc7ccccc7o6)cc5)cc(-c5ccccc5)cc4c3c2)cc1. The number of hydrogen-bond acceptors (Lipinski definition) is 9. The van der Waals surface area contributed by atoms with Crippen LogP contribution in [0.4, 0.5) is 0 Å². The predicted molar refractivity (Wildman–Crippen MR) is 501 cm³/mol. The second-order valence-electron chi connectivity index (χ2n) is 33.4. The van der Waals surface area contributed by atoms with Gasteiger partial charge in [0.25, 0.3) is 0 Å². The number of para-hydroxylation sites is 6. The number of oxazole rings is 3. The van der Waals surface area contributed by atoms with Crippen molar-refractivity contribution in [3.8, 4) is 123 Å².